The van der Waals surface area contributed by atoms with Gasteiger partial charge in [-0.05, 0) is 12.2 Å². The maximum absolute atomic E-state index is 10.7. The fourth-order valence-electron chi connectivity index (χ4n) is 0.977. The molecule has 2 N–H and O–H groups in total. The Kier molecular flexibility index (Phi) is 1.86. The number of hydrogen-bond donors (Lipinski definition) is 2. The molecule has 2 aliphatic heterocycles. The van der Waals surface area contributed by atoms with E-state index in [-0.39, 0.29) is 4.91 Å². The van der Waals surface area contributed by atoms with E-state index in [0.29, 0.717) is 5.70 Å². The molecule has 0 amide bonds. The second kappa shape index (κ2) is 2.79. The monoisotopic (exact) mass is 218 g/mol. The largest absolute Gasteiger partial charge is 0.316 e. The van der Waals surface area contributed by atoms with Gasteiger partial charge in [0.05, 0.1) is 22.7 Å². The van der Waals surface area contributed by atoms with Crippen molar-refractivity contribution >= 4 is 22.3 Å². The highest BCUT2D eigenvalue weighted by atomic mass is 32.2. The van der Waals surface area contributed by atoms with Crippen LogP contribution < -0.4 is 4.72 Å². The van der Waals surface area contributed by atoms with Crippen LogP contribution in [0, 0.1) is 0 Å². The number of nitrogens with one attached hydrogen (secondary N) is 1. The predicted octanol–water partition coefficient (Wildman–Crippen LogP) is 0.595. The molecule has 0 unspecified atom stereocenters. The molecular formula is C6H6N2O3S2. The third-order valence-electron chi connectivity index (χ3n) is 1.57. The second-order valence-electron chi connectivity index (χ2n) is 2.44. The van der Waals surface area contributed by atoms with Gasteiger partial charge in [-0.25, -0.2) is 0 Å². The van der Waals surface area contributed by atoms with E-state index in [1.54, 1.807) is 16.7 Å². The van der Waals surface area contributed by atoms with Gasteiger partial charge in [0.25, 0.3) is 10.1 Å². The number of fused-ring (bicyclic) bond motifs is 1. The Labute approximate surface area is 79.8 Å². The summed E-state index contributed by atoms with van der Waals surface area (Å²) in [5.74, 6) is 0. The fraction of sp³-hybridized carbons (Fsp3) is 0. The number of allylic oxidation sites excluding steroid dienone is 2. The van der Waals surface area contributed by atoms with Crippen molar-refractivity contribution < 1.29 is 13.0 Å². The van der Waals surface area contributed by atoms with Gasteiger partial charge in [0.2, 0.25) is 0 Å². The average Bonchev–Trinajstić information content (AvgIpc) is 2.47. The summed E-state index contributed by atoms with van der Waals surface area (Å²) in [5.41, 5.74) is 0.695. The van der Waals surface area contributed by atoms with Gasteiger partial charge in [-0.2, -0.15) is 8.42 Å². The molecular weight excluding hydrogens is 212 g/mol. The molecule has 0 aromatic heterocycles. The van der Waals surface area contributed by atoms with Crippen molar-refractivity contribution in [3.8, 4) is 0 Å². The van der Waals surface area contributed by atoms with Crippen molar-refractivity contribution in [1.82, 2.24) is 9.03 Å². The lowest BCUT2D eigenvalue weighted by Crippen LogP contribution is -2.10. The van der Waals surface area contributed by atoms with Crippen LogP contribution in [0.1, 0.15) is 0 Å². The third kappa shape index (κ3) is 1.58. The van der Waals surface area contributed by atoms with Gasteiger partial charge in [0.15, 0.2) is 0 Å². The van der Waals surface area contributed by atoms with E-state index in [9.17, 15) is 8.42 Å². The molecule has 5 nitrogen and oxygen atoms in total. The zero-order valence-electron chi connectivity index (χ0n) is 6.34. The SMILES string of the molecule is O=S(=O)(O)C1=CC2=CNSN2C=C1. The molecule has 0 fully saturated rings. The van der Waals surface area contributed by atoms with Crippen molar-refractivity contribution in [2.75, 3.05) is 0 Å². The first-order valence-corrected chi connectivity index (χ1v) is 5.58. The maximum Gasteiger partial charge on any atom is 0.294 e. The van der Waals surface area contributed by atoms with Crippen molar-refractivity contribution in [3.05, 3.63) is 35.2 Å². The first-order valence-electron chi connectivity index (χ1n) is 3.37. The zero-order valence-corrected chi connectivity index (χ0v) is 7.97. The molecule has 0 saturated carbocycles. The normalized spacial score (nSPS) is 20.5. The van der Waals surface area contributed by atoms with E-state index in [1.807, 2.05) is 0 Å². The Morgan fingerprint density at radius 1 is 1.54 bits per heavy atom. The molecule has 13 heavy (non-hydrogen) atoms. The van der Waals surface area contributed by atoms with Gasteiger partial charge in [0, 0.05) is 12.4 Å². The average molecular weight is 218 g/mol. The van der Waals surface area contributed by atoms with Crippen LogP contribution >= 0.6 is 12.1 Å². The van der Waals surface area contributed by atoms with Gasteiger partial charge in [0.1, 0.15) is 0 Å². The molecule has 0 atom stereocenters. The maximum atomic E-state index is 10.7. The Morgan fingerprint density at radius 3 is 3.00 bits per heavy atom. The summed E-state index contributed by atoms with van der Waals surface area (Å²) in [4.78, 5) is -0.0979. The van der Waals surface area contributed by atoms with Crippen LogP contribution in [0.4, 0.5) is 0 Å². The molecule has 0 aromatic carbocycles. The van der Waals surface area contributed by atoms with Crippen LogP contribution in [0.2, 0.25) is 0 Å². The zero-order chi connectivity index (χ0) is 9.47. The lowest BCUT2D eigenvalue weighted by molar-refractivity contribution is 0.491. The van der Waals surface area contributed by atoms with Crippen LogP contribution in [-0.4, -0.2) is 17.3 Å². The summed E-state index contributed by atoms with van der Waals surface area (Å²) >= 11 is 1.32. The minimum Gasteiger partial charge on any atom is -0.316 e. The Bertz CT molecular complexity index is 421. The molecule has 0 saturated heterocycles. The van der Waals surface area contributed by atoms with E-state index < -0.39 is 10.1 Å². The summed E-state index contributed by atoms with van der Waals surface area (Å²) < 4.78 is 34.8. The number of hydrogen-bond acceptors (Lipinski definition) is 5. The van der Waals surface area contributed by atoms with Gasteiger partial charge < -0.3 is 4.72 Å². The topological polar surface area (TPSA) is 69.6 Å². The number of rotatable bonds is 1. The molecule has 0 aliphatic carbocycles. The Morgan fingerprint density at radius 2 is 2.31 bits per heavy atom. The molecule has 7 heteroatoms. The molecule has 0 radical (unpaired) electrons. The molecule has 0 spiro atoms. The van der Waals surface area contributed by atoms with Crippen molar-refractivity contribution in [2.24, 2.45) is 0 Å². The van der Waals surface area contributed by atoms with Gasteiger partial charge in [-0.1, -0.05) is 0 Å². The quantitative estimate of drug-likeness (QED) is 0.496. The molecule has 70 valence electrons. The van der Waals surface area contributed by atoms with Crippen LogP contribution in [-0.2, 0) is 10.1 Å². The first-order chi connectivity index (χ1) is 6.07. The lowest BCUT2D eigenvalue weighted by atomic mass is 10.3. The van der Waals surface area contributed by atoms with Gasteiger partial charge in [-0.3, -0.25) is 8.86 Å². The predicted molar refractivity (Wildman–Crippen MR) is 49.4 cm³/mol. The molecule has 2 aliphatic rings. The molecule has 2 heterocycles. The molecule has 0 aromatic rings. The smallest absolute Gasteiger partial charge is 0.294 e. The summed E-state index contributed by atoms with van der Waals surface area (Å²) in [6.45, 7) is 0. The second-order valence-corrected chi connectivity index (χ2v) is 4.67. The highest BCUT2D eigenvalue weighted by Gasteiger charge is 2.20. The van der Waals surface area contributed by atoms with E-state index in [1.165, 1.54) is 24.3 Å². The summed E-state index contributed by atoms with van der Waals surface area (Å²) in [7, 11) is -4.09. The first kappa shape index (κ1) is 8.67. The van der Waals surface area contributed by atoms with Gasteiger partial charge in [-0.15, -0.1) is 0 Å². The van der Waals surface area contributed by atoms with E-state index in [2.05, 4.69) is 4.72 Å². The van der Waals surface area contributed by atoms with Crippen LogP contribution in [0.5, 0.6) is 0 Å². The summed E-state index contributed by atoms with van der Waals surface area (Å²) in [6, 6.07) is 0. The Hall–Kier alpha value is -0.920. The van der Waals surface area contributed by atoms with Crippen LogP contribution in [0.25, 0.3) is 0 Å². The fourth-order valence-corrected chi connectivity index (χ4v) is 2.10. The highest BCUT2D eigenvalue weighted by Crippen LogP contribution is 2.28. The van der Waals surface area contributed by atoms with Crippen molar-refractivity contribution in [2.45, 2.75) is 0 Å². The third-order valence-corrected chi connectivity index (χ3v) is 3.18. The van der Waals surface area contributed by atoms with Crippen LogP contribution in [0.15, 0.2) is 35.2 Å². The van der Waals surface area contributed by atoms with E-state index in [0.717, 1.165) is 0 Å². The highest BCUT2D eigenvalue weighted by molar-refractivity contribution is 7.95. The minimum atomic E-state index is -4.09. The van der Waals surface area contributed by atoms with Crippen molar-refractivity contribution in [1.29, 1.82) is 0 Å². The minimum absolute atomic E-state index is 0.0979. The van der Waals surface area contributed by atoms with E-state index >= 15 is 0 Å². The Balaban J connectivity index is 2.41. The summed E-state index contributed by atoms with van der Waals surface area (Å²) in [5, 5.41) is 0. The van der Waals surface area contributed by atoms with Gasteiger partial charge >= 0.3 is 0 Å². The lowest BCUT2D eigenvalue weighted by Gasteiger charge is -2.15. The molecule has 0 bridgehead atoms. The standard InChI is InChI=1S/C6H6N2O3S2/c9-13(10,11)6-1-2-8-5(3-6)4-7-12-8/h1-4,7H,(H,9,10,11). The number of nitrogens with zero attached hydrogens (tertiary/aromatic N) is 1. The van der Waals surface area contributed by atoms with Crippen LogP contribution in [0.3, 0.4) is 0 Å². The molecule has 2 rings (SSSR count). The van der Waals surface area contributed by atoms with E-state index in [4.69, 9.17) is 4.55 Å². The summed E-state index contributed by atoms with van der Waals surface area (Å²) in [6.07, 6.45) is 5.95. The van der Waals surface area contributed by atoms with Crippen molar-refractivity contribution in [3.63, 3.8) is 0 Å².